The van der Waals surface area contributed by atoms with Gasteiger partial charge in [-0.3, -0.25) is 9.71 Å². The molecule has 0 saturated carbocycles. The molecule has 7 heteroatoms. The van der Waals surface area contributed by atoms with Crippen LogP contribution in [0.5, 0.6) is 0 Å². The van der Waals surface area contributed by atoms with Crippen LogP contribution in [0.2, 0.25) is 0 Å². The Balaban J connectivity index is 2.24. The summed E-state index contributed by atoms with van der Waals surface area (Å²) in [5.74, 6) is -1.87. The molecule has 0 aliphatic rings. The summed E-state index contributed by atoms with van der Waals surface area (Å²) in [6.45, 7) is 0. The van der Waals surface area contributed by atoms with Crippen LogP contribution in [0.4, 0.5) is 14.5 Å². The second-order valence-corrected chi connectivity index (χ2v) is 6.81. The van der Waals surface area contributed by atoms with E-state index in [1.165, 1.54) is 12.3 Å². The van der Waals surface area contributed by atoms with Crippen molar-refractivity contribution in [3.63, 3.8) is 0 Å². The van der Waals surface area contributed by atoms with E-state index in [-0.39, 0.29) is 0 Å². The molecule has 1 heterocycles. The molecule has 0 saturated heterocycles. The predicted molar refractivity (Wildman–Crippen MR) is 85.6 cm³/mol. The average molecular weight is 334 g/mol. The molecule has 0 fully saturated rings. The van der Waals surface area contributed by atoms with Crippen molar-refractivity contribution < 1.29 is 17.2 Å². The number of aromatic nitrogens is 1. The minimum Gasteiger partial charge on any atom is -0.282 e. The van der Waals surface area contributed by atoms with E-state index in [9.17, 15) is 17.2 Å². The van der Waals surface area contributed by atoms with Gasteiger partial charge in [-0.2, -0.15) is 0 Å². The van der Waals surface area contributed by atoms with Gasteiger partial charge < -0.3 is 0 Å². The molecule has 1 aromatic heterocycles. The molecule has 1 N–H and O–H groups in total. The monoisotopic (exact) mass is 334 g/mol. The molecule has 0 radical (unpaired) electrons. The van der Waals surface area contributed by atoms with Crippen molar-refractivity contribution in [2.75, 3.05) is 11.0 Å². The van der Waals surface area contributed by atoms with E-state index in [4.69, 9.17) is 0 Å². The van der Waals surface area contributed by atoms with Crippen LogP contribution in [0.15, 0.2) is 48.7 Å². The van der Waals surface area contributed by atoms with Gasteiger partial charge in [-0.1, -0.05) is 18.2 Å². The van der Waals surface area contributed by atoms with E-state index in [0.29, 0.717) is 27.7 Å². The minimum atomic E-state index is -3.46. The molecular formula is C16H12F2N2O2S. The number of halogens is 2. The SMILES string of the molecule is CS(=O)(=O)Nc1ccc(-c2ccc(F)c(F)c2)c2cccnc12. The summed E-state index contributed by atoms with van der Waals surface area (Å²) >= 11 is 0. The Morgan fingerprint density at radius 3 is 2.52 bits per heavy atom. The maximum atomic E-state index is 13.5. The van der Waals surface area contributed by atoms with Gasteiger partial charge >= 0.3 is 0 Å². The van der Waals surface area contributed by atoms with Crippen molar-refractivity contribution in [2.24, 2.45) is 0 Å². The number of hydrogen-bond acceptors (Lipinski definition) is 3. The van der Waals surface area contributed by atoms with Gasteiger partial charge in [0.2, 0.25) is 10.0 Å². The molecule has 3 rings (SSSR count). The molecule has 2 aromatic carbocycles. The molecule has 3 aromatic rings. The highest BCUT2D eigenvalue weighted by Gasteiger charge is 2.12. The first-order valence-corrected chi connectivity index (χ1v) is 8.55. The van der Waals surface area contributed by atoms with Crippen molar-refractivity contribution in [1.29, 1.82) is 0 Å². The van der Waals surface area contributed by atoms with Crippen molar-refractivity contribution in [1.82, 2.24) is 4.98 Å². The Bertz CT molecular complexity index is 1000. The predicted octanol–water partition coefficient (Wildman–Crippen LogP) is 3.55. The number of hydrogen-bond donors (Lipinski definition) is 1. The summed E-state index contributed by atoms with van der Waals surface area (Å²) in [4.78, 5) is 4.20. The molecule has 23 heavy (non-hydrogen) atoms. The lowest BCUT2D eigenvalue weighted by Gasteiger charge is -2.11. The topological polar surface area (TPSA) is 59.1 Å². The maximum Gasteiger partial charge on any atom is 0.229 e. The first kappa shape index (κ1) is 15.4. The summed E-state index contributed by atoms with van der Waals surface area (Å²) in [6, 6.07) is 10.2. The number of nitrogens with zero attached hydrogens (tertiary/aromatic N) is 1. The van der Waals surface area contributed by atoms with Gasteiger partial charge in [-0.15, -0.1) is 0 Å². The third kappa shape index (κ3) is 3.14. The lowest BCUT2D eigenvalue weighted by molar-refractivity contribution is 0.509. The number of fused-ring (bicyclic) bond motifs is 1. The number of sulfonamides is 1. The highest BCUT2D eigenvalue weighted by Crippen LogP contribution is 2.32. The lowest BCUT2D eigenvalue weighted by Crippen LogP contribution is -2.10. The van der Waals surface area contributed by atoms with E-state index in [0.717, 1.165) is 18.4 Å². The Morgan fingerprint density at radius 1 is 1.04 bits per heavy atom. The molecule has 0 aliphatic heterocycles. The normalized spacial score (nSPS) is 11.6. The Kier molecular flexibility index (Phi) is 3.73. The van der Waals surface area contributed by atoms with Crippen molar-refractivity contribution in [3.05, 3.63) is 60.3 Å². The molecule has 0 spiro atoms. The Morgan fingerprint density at radius 2 is 1.83 bits per heavy atom. The molecule has 4 nitrogen and oxygen atoms in total. The first-order valence-electron chi connectivity index (χ1n) is 6.66. The van der Waals surface area contributed by atoms with E-state index < -0.39 is 21.7 Å². The van der Waals surface area contributed by atoms with E-state index in [1.54, 1.807) is 24.3 Å². The van der Waals surface area contributed by atoms with Crippen LogP contribution in [0.3, 0.4) is 0 Å². The summed E-state index contributed by atoms with van der Waals surface area (Å²) in [6.07, 6.45) is 2.58. The zero-order valence-corrected chi connectivity index (χ0v) is 12.9. The average Bonchev–Trinajstić information content (AvgIpc) is 2.49. The van der Waals surface area contributed by atoms with Crippen LogP contribution in [-0.2, 0) is 10.0 Å². The second-order valence-electron chi connectivity index (χ2n) is 5.06. The van der Waals surface area contributed by atoms with Crippen LogP contribution < -0.4 is 4.72 Å². The van der Waals surface area contributed by atoms with Crippen LogP contribution in [0.25, 0.3) is 22.0 Å². The fourth-order valence-electron chi connectivity index (χ4n) is 2.37. The van der Waals surface area contributed by atoms with Crippen molar-refractivity contribution in [2.45, 2.75) is 0 Å². The fraction of sp³-hybridized carbons (Fsp3) is 0.0625. The summed E-state index contributed by atoms with van der Waals surface area (Å²) in [7, 11) is -3.46. The van der Waals surface area contributed by atoms with Crippen molar-refractivity contribution in [3.8, 4) is 11.1 Å². The standard InChI is InChI=1S/C16H12F2N2O2S/c1-23(21,22)20-15-7-5-11(12-3-2-8-19-16(12)15)10-4-6-13(17)14(18)9-10/h2-9,20H,1H3. The van der Waals surface area contributed by atoms with Crippen LogP contribution >= 0.6 is 0 Å². The molecule has 0 unspecified atom stereocenters. The molecule has 0 amide bonds. The van der Waals surface area contributed by atoms with Gasteiger partial charge in [0.15, 0.2) is 11.6 Å². The second kappa shape index (κ2) is 5.58. The smallest absolute Gasteiger partial charge is 0.229 e. The first-order chi connectivity index (χ1) is 10.8. The van der Waals surface area contributed by atoms with E-state index >= 15 is 0 Å². The number of rotatable bonds is 3. The van der Waals surface area contributed by atoms with Gasteiger partial charge in [0, 0.05) is 11.6 Å². The Hall–Kier alpha value is -2.54. The van der Waals surface area contributed by atoms with Gasteiger partial charge in [-0.25, -0.2) is 17.2 Å². The largest absolute Gasteiger partial charge is 0.282 e. The third-order valence-electron chi connectivity index (χ3n) is 3.30. The minimum absolute atomic E-state index is 0.328. The molecule has 0 aliphatic carbocycles. The number of anilines is 1. The van der Waals surface area contributed by atoms with Gasteiger partial charge in [0.25, 0.3) is 0 Å². The number of nitrogens with one attached hydrogen (secondary N) is 1. The van der Waals surface area contributed by atoms with Crippen LogP contribution in [-0.4, -0.2) is 19.7 Å². The molecule has 0 atom stereocenters. The van der Waals surface area contributed by atoms with Crippen molar-refractivity contribution >= 4 is 26.6 Å². The molecule has 0 bridgehead atoms. The summed E-state index contributed by atoms with van der Waals surface area (Å²) < 4.78 is 51.9. The summed E-state index contributed by atoms with van der Waals surface area (Å²) in [5, 5.41) is 0.632. The summed E-state index contributed by atoms with van der Waals surface area (Å²) in [5.41, 5.74) is 1.87. The lowest BCUT2D eigenvalue weighted by atomic mass is 9.99. The van der Waals surface area contributed by atoms with Gasteiger partial charge in [0.05, 0.1) is 17.5 Å². The van der Waals surface area contributed by atoms with Gasteiger partial charge in [0.1, 0.15) is 0 Å². The Labute approximate surface area is 131 Å². The van der Waals surface area contributed by atoms with Gasteiger partial charge in [-0.05, 0) is 35.4 Å². The zero-order chi connectivity index (χ0) is 16.6. The molecule has 118 valence electrons. The third-order valence-corrected chi connectivity index (χ3v) is 3.89. The maximum absolute atomic E-state index is 13.5. The number of pyridine rings is 1. The highest BCUT2D eigenvalue weighted by atomic mass is 32.2. The highest BCUT2D eigenvalue weighted by molar-refractivity contribution is 7.92. The van der Waals surface area contributed by atoms with Crippen LogP contribution in [0, 0.1) is 11.6 Å². The van der Waals surface area contributed by atoms with Crippen LogP contribution in [0.1, 0.15) is 0 Å². The zero-order valence-electron chi connectivity index (χ0n) is 12.0. The van der Waals surface area contributed by atoms with E-state index in [2.05, 4.69) is 9.71 Å². The molecular weight excluding hydrogens is 322 g/mol. The van der Waals surface area contributed by atoms with E-state index in [1.807, 2.05) is 0 Å². The fourth-order valence-corrected chi connectivity index (χ4v) is 2.93. The quantitative estimate of drug-likeness (QED) is 0.797. The number of benzene rings is 2.